The Balaban J connectivity index is 1.58. The van der Waals surface area contributed by atoms with Crippen molar-refractivity contribution in [1.29, 1.82) is 0 Å². The number of aryl methyl sites for hydroxylation is 2. The molecule has 3 rings (SSSR count). The van der Waals surface area contributed by atoms with Crippen LogP contribution < -0.4 is 10.6 Å². The molecule has 20 heavy (non-hydrogen) atoms. The van der Waals surface area contributed by atoms with E-state index in [1.165, 1.54) is 12.8 Å². The molecule has 3 nitrogen and oxygen atoms in total. The van der Waals surface area contributed by atoms with Gasteiger partial charge in [-0.3, -0.25) is 4.79 Å². The van der Waals surface area contributed by atoms with E-state index < -0.39 is 0 Å². The smallest absolute Gasteiger partial charge is 0.251 e. The Morgan fingerprint density at radius 2 is 1.75 bits per heavy atom. The zero-order valence-electron chi connectivity index (χ0n) is 12.5. The van der Waals surface area contributed by atoms with E-state index >= 15 is 0 Å². The first-order chi connectivity index (χ1) is 9.56. The Hall–Kier alpha value is -1.35. The van der Waals surface area contributed by atoms with Crippen molar-refractivity contribution in [2.45, 2.75) is 45.6 Å². The van der Waals surface area contributed by atoms with Crippen LogP contribution in [-0.2, 0) is 0 Å². The van der Waals surface area contributed by atoms with Gasteiger partial charge in [-0.25, -0.2) is 0 Å². The quantitative estimate of drug-likeness (QED) is 0.869. The van der Waals surface area contributed by atoms with Crippen LogP contribution in [0, 0.1) is 19.3 Å². The van der Waals surface area contributed by atoms with Crippen molar-refractivity contribution in [1.82, 2.24) is 10.6 Å². The standard InChI is InChI=1S/C17H24N2O/c1-12-7-13(2)9-14(8-12)16(20)19-15-10-17(11-15)3-5-18-6-4-17/h7-9,15,18H,3-6,10-11H2,1-2H3,(H,19,20). The van der Waals surface area contributed by atoms with Crippen molar-refractivity contribution in [2.24, 2.45) is 5.41 Å². The van der Waals surface area contributed by atoms with Gasteiger partial charge in [-0.1, -0.05) is 17.2 Å². The molecule has 0 aromatic heterocycles. The van der Waals surface area contributed by atoms with E-state index in [1.807, 2.05) is 26.0 Å². The fourth-order valence-electron chi connectivity index (χ4n) is 3.83. The van der Waals surface area contributed by atoms with E-state index in [4.69, 9.17) is 0 Å². The summed E-state index contributed by atoms with van der Waals surface area (Å²) in [5, 5.41) is 6.61. The second-order valence-corrected chi connectivity index (χ2v) is 6.71. The van der Waals surface area contributed by atoms with Crippen LogP contribution in [0.1, 0.15) is 47.2 Å². The number of piperidine rings is 1. The molecule has 1 aromatic carbocycles. The van der Waals surface area contributed by atoms with Crippen LogP contribution in [0.5, 0.6) is 0 Å². The fraction of sp³-hybridized carbons (Fsp3) is 0.588. The summed E-state index contributed by atoms with van der Waals surface area (Å²) in [6.45, 7) is 6.35. The van der Waals surface area contributed by atoms with Crippen molar-refractivity contribution in [3.8, 4) is 0 Å². The first-order valence-electron chi connectivity index (χ1n) is 7.66. The molecular formula is C17H24N2O. The third-order valence-corrected chi connectivity index (χ3v) is 4.84. The van der Waals surface area contributed by atoms with Gasteiger partial charge in [0.15, 0.2) is 0 Å². The number of nitrogens with one attached hydrogen (secondary N) is 2. The van der Waals surface area contributed by atoms with Crippen LogP contribution >= 0.6 is 0 Å². The number of carbonyl (C=O) groups is 1. The van der Waals surface area contributed by atoms with E-state index in [0.717, 1.165) is 42.6 Å². The Bertz CT molecular complexity index is 489. The van der Waals surface area contributed by atoms with Crippen molar-refractivity contribution in [2.75, 3.05) is 13.1 Å². The normalized spacial score (nSPS) is 21.5. The molecule has 1 aliphatic carbocycles. The summed E-state index contributed by atoms with van der Waals surface area (Å²) in [7, 11) is 0. The minimum atomic E-state index is 0.0885. The first-order valence-corrected chi connectivity index (χ1v) is 7.66. The highest BCUT2D eigenvalue weighted by molar-refractivity contribution is 5.94. The van der Waals surface area contributed by atoms with Crippen LogP contribution in [-0.4, -0.2) is 25.0 Å². The summed E-state index contributed by atoms with van der Waals surface area (Å²) in [4.78, 5) is 12.3. The second kappa shape index (κ2) is 5.21. The number of hydrogen-bond acceptors (Lipinski definition) is 2. The number of amides is 1. The lowest BCUT2D eigenvalue weighted by Crippen LogP contribution is -2.54. The van der Waals surface area contributed by atoms with Crippen molar-refractivity contribution < 1.29 is 4.79 Å². The van der Waals surface area contributed by atoms with Crippen LogP contribution in [0.4, 0.5) is 0 Å². The maximum Gasteiger partial charge on any atom is 0.251 e. The minimum absolute atomic E-state index is 0.0885. The molecule has 2 fully saturated rings. The topological polar surface area (TPSA) is 41.1 Å². The molecule has 2 N–H and O–H groups in total. The second-order valence-electron chi connectivity index (χ2n) is 6.71. The van der Waals surface area contributed by atoms with E-state index in [1.54, 1.807) is 0 Å². The molecule has 1 saturated heterocycles. The minimum Gasteiger partial charge on any atom is -0.349 e. The summed E-state index contributed by atoms with van der Waals surface area (Å²) < 4.78 is 0. The number of rotatable bonds is 2. The van der Waals surface area contributed by atoms with Gasteiger partial charge in [0.05, 0.1) is 0 Å². The zero-order valence-corrected chi connectivity index (χ0v) is 12.5. The number of benzene rings is 1. The molecule has 1 amide bonds. The summed E-state index contributed by atoms with van der Waals surface area (Å²) in [6.07, 6.45) is 4.85. The predicted molar refractivity (Wildman–Crippen MR) is 80.9 cm³/mol. The van der Waals surface area contributed by atoms with Gasteiger partial charge < -0.3 is 10.6 Å². The van der Waals surface area contributed by atoms with E-state index in [0.29, 0.717) is 11.5 Å². The summed E-state index contributed by atoms with van der Waals surface area (Å²) in [6, 6.07) is 6.42. The highest BCUT2D eigenvalue weighted by Gasteiger charge is 2.44. The van der Waals surface area contributed by atoms with Crippen LogP contribution in [0.2, 0.25) is 0 Å². The maximum absolute atomic E-state index is 12.3. The predicted octanol–water partition coefficient (Wildman–Crippen LogP) is 2.57. The van der Waals surface area contributed by atoms with Gasteiger partial charge in [-0.15, -0.1) is 0 Å². The molecule has 1 aromatic rings. The first kappa shape index (κ1) is 13.6. The van der Waals surface area contributed by atoms with Gasteiger partial charge in [0, 0.05) is 11.6 Å². The van der Waals surface area contributed by atoms with E-state index in [2.05, 4.69) is 16.7 Å². The van der Waals surface area contributed by atoms with Crippen molar-refractivity contribution in [3.05, 3.63) is 34.9 Å². The molecule has 2 aliphatic rings. The van der Waals surface area contributed by atoms with Gasteiger partial charge in [0.1, 0.15) is 0 Å². The molecule has 1 spiro atoms. The number of hydrogen-bond donors (Lipinski definition) is 2. The zero-order chi connectivity index (χ0) is 14.2. The summed E-state index contributed by atoms with van der Waals surface area (Å²) in [5.74, 6) is 0.0885. The highest BCUT2D eigenvalue weighted by Crippen LogP contribution is 2.47. The average Bonchev–Trinajstić information content (AvgIpc) is 2.37. The largest absolute Gasteiger partial charge is 0.349 e. The van der Waals surface area contributed by atoms with Crippen molar-refractivity contribution in [3.63, 3.8) is 0 Å². The van der Waals surface area contributed by atoms with Gasteiger partial charge in [-0.2, -0.15) is 0 Å². The SMILES string of the molecule is Cc1cc(C)cc(C(=O)NC2CC3(CCNCC3)C2)c1. The number of carbonyl (C=O) groups excluding carboxylic acids is 1. The Morgan fingerprint density at radius 3 is 2.35 bits per heavy atom. The summed E-state index contributed by atoms with van der Waals surface area (Å²) in [5.41, 5.74) is 3.62. The van der Waals surface area contributed by atoms with E-state index in [-0.39, 0.29) is 5.91 Å². The van der Waals surface area contributed by atoms with E-state index in [9.17, 15) is 4.79 Å². The maximum atomic E-state index is 12.3. The lowest BCUT2D eigenvalue weighted by molar-refractivity contribution is 0.0423. The molecule has 3 heteroatoms. The van der Waals surface area contributed by atoms with Gasteiger partial charge in [0.25, 0.3) is 5.91 Å². The molecule has 0 unspecified atom stereocenters. The van der Waals surface area contributed by atoms with Gasteiger partial charge in [0.2, 0.25) is 0 Å². The highest BCUT2D eigenvalue weighted by atomic mass is 16.1. The molecule has 108 valence electrons. The molecule has 1 saturated carbocycles. The van der Waals surface area contributed by atoms with Gasteiger partial charge in [-0.05, 0) is 70.2 Å². The van der Waals surface area contributed by atoms with Gasteiger partial charge >= 0.3 is 0 Å². The molecule has 1 aliphatic heterocycles. The monoisotopic (exact) mass is 272 g/mol. The Labute approximate surface area is 121 Å². The third-order valence-electron chi connectivity index (χ3n) is 4.84. The Morgan fingerprint density at radius 1 is 1.15 bits per heavy atom. The fourth-order valence-corrected chi connectivity index (χ4v) is 3.83. The molecule has 1 heterocycles. The lowest BCUT2D eigenvalue weighted by Gasteiger charge is -2.50. The van der Waals surface area contributed by atoms with Crippen molar-refractivity contribution >= 4 is 5.91 Å². The summed E-state index contributed by atoms with van der Waals surface area (Å²) >= 11 is 0. The molecule has 0 bridgehead atoms. The average molecular weight is 272 g/mol. The van der Waals surface area contributed by atoms with Crippen LogP contribution in [0.3, 0.4) is 0 Å². The van der Waals surface area contributed by atoms with Crippen LogP contribution in [0.25, 0.3) is 0 Å². The third kappa shape index (κ3) is 2.73. The molecule has 0 atom stereocenters. The van der Waals surface area contributed by atoms with Crippen LogP contribution in [0.15, 0.2) is 18.2 Å². The molecular weight excluding hydrogens is 248 g/mol. The molecule has 0 radical (unpaired) electrons. The Kier molecular flexibility index (Phi) is 3.55. The lowest BCUT2D eigenvalue weighted by atomic mass is 9.60.